The maximum Gasteiger partial charge on any atom is 0.515 e. The maximum atomic E-state index is 8.89. The molecule has 12 heterocycles. The van der Waals surface area contributed by atoms with Crippen LogP contribution in [0.3, 0.4) is 0 Å². The molecule has 26 aliphatic rings. The van der Waals surface area contributed by atoms with Crippen molar-refractivity contribution in [1.29, 1.82) is 0 Å². The van der Waals surface area contributed by atoms with Crippen LogP contribution in [0.2, 0.25) is 77.6 Å². The Hall–Kier alpha value is 1.30. The third-order valence-electron chi connectivity index (χ3n) is 35.4. The second kappa shape index (κ2) is 31.9. The van der Waals surface area contributed by atoms with Crippen LogP contribution in [0.15, 0.2) is 58.3 Å². The maximum absolute atomic E-state index is 8.89. The molecule has 0 unspecified atom stereocenters. The first-order valence-corrected chi connectivity index (χ1v) is 80.3. The summed E-state index contributed by atoms with van der Waals surface area (Å²) in [5.74, 6) is 0. The first kappa shape index (κ1) is 84.8. The number of hydrogen-bond donors (Lipinski definition) is 0. The summed E-state index contributed by atoms with van der Waals surface area (Å²) in [4.78, 5) is 2.09. The van der Waals surface area contributed by atoms with Gasteiger partial charge in [-0.05, 0) is 204 Å². The molecule has 24 nitrogen and oxygen atoms in total. The zero-order chi connectivity index (χ0) is 81.3. The highest BCUT2D eigenvalue weighted by Crippen LogP contribution is 2.71. The first-order valence-electron chi connectivity index (χ1n) is 50.8. The molecule has 676 valence electrons. The highest BCUT2D eigenvalue weighted by Gasteiger charge is 2.92. The normalized spacial score (nSPS) is 47.9. The summed E-state index contributed by atoms with van der Waals surface area (Å²) in [6, 6.07) is 18.2. The van der Waals surface area contributed by atoms with Crippen LogP contribution >= 0.6 is 11.8 Å². The predicted octanol–water partition coefficient (Wildman–Crippen LogP) is 21.0. The van der Waals surface area contributed by atoms with Gasteiger partial charge >= 0.3 is 141 Å². The molecule has 0 radical (unpaired) electrons. The second-order valence-electron chi connectivity index (χ2n) is 42.9. The molecule has 0 amide bonds. The zero-order valence-corrected chi connectivity index (χ0v) is 89.3. The fraction of sp³-hybridized carbons (Fsp3) is 0.854. The van der Waals surface area contributed by atoms with Gasteiger partial charge in [0.25, 0.3) is 0 Å². The first-order chi connectivity index (χ1) is 60.1. The quantitative estimate of drug-likeness (QED) is 0.127. The van der Waals surface area contributed by atoms with Gasteiger partial charge in [-0.25, -0.2) is 0 Å². The average molecular weight is 1990 g/mol. The summed E-state index contributed by atoms with van der Waals surface area (Å²) in [7, 11) is -67.7. The van der Waals surface area contributed by atoms with Gasteiger partial charge in [0, 0.05) is 97.7 Å². The molecule has 12 aliphatic heterocycles. The van der Waals surface area contributed by atoms with Crippen molar-refractivity contribution in [1.82, 2.24) is 0 Å². The zero-order valence-electron chi connectivity index (χ0n) is 72.5. The summed E-state index contributed by atoms with van der Waals surface area (Å²) >= 11 is 1.74. The van der Waals surface area contributed by atoms with Crippen molar-refractivity contribution in [2.24, 2.45) is 0 Å². The Morgan fingerprint density at radius 3 is 0.341 bits per heavy atom. The van der Waals surface area contributed by atoms with E-state index in [1.165, 1.54) is 0 Å². The van der Waals surface area contributed by atoms with E-state index in [1.54, 1.807) is 11.8 Å². The Morgan fingerprint density at radius 2 is 0.236 bits per heavy atom. The lowest BCUT2D eigenvalue weighted by Gasteiger charge is -2.66. The summed E-state index contributed by atoms with van der Waals surface area (Å²) in [5.41, 5.74) is -0.695. The minimum absolute atomic E-state index is 0.000757. The van der Waals surface area contributed by atoms with Crippen molar-refractivity contribution in [2.75, 3.05) is 0 Å². The molecule has 123 heavy (non-hydrogen) atoms. The molecule has 2 aromatic rings. The van der Waals surface area contributed by atoms with Crippen LogP contribution in [-0.2, 0) is 98.8 Å². The molecule has 12 saturated heterocycles. The van der Waals surface area contributed by atoms with E-state index in [-0.39, 0.29) is 77.6 Å². The summed E-state index contributed by atoms with van der Waals surface area (Å²) < 4.78 is 212. The van der Waals surface area contributed by atoms with Crippen LogP contribution in [0.4, 0.5) is 0 Å². The van der Waals surface area contributed by atoms with Gasteiger partial charge in [0.1, 0.15) is 0 Å². The van der Waals surface area contributed by atoms with Crippen LogP contribution < -0.4 is 10.4 Å². The van der Waals surface area contributed by atoms with Crippen molar-refractivity contribution in [2.45, 2.75) is 447 Å². The van der Waals surface area contributed by atoms with Gasteiger partial charge in [-0.1, -0.05) is 216 Å². The number of benzene rings is 2. The molecule has 16 bridgehead atoms. The molecule has 0 N–H and O–H groups in total. The largest absolute Gasteiger partial charge is 0.515 e. The van der Waals surface area contributed by atoms with E-state index < -0.39 is 141 Å². The molecular formula is C82H134O24SSi16. The van der Waals surface area contributed by atoms with E-state index >= 15 is 0 Å². The van der Waals surface area contributed by atoms with E-state index in [0.717, 1.165) is 380 Å². The van der Waals surface area contributed by atoms with E-state index in [4.69, 9.17) is 98.8 Å². The average Bonchev–Trinajstić information content (AvgIpc) is 1.56. The highest BCUT2D eigenvalue weighted by molar-refractivity contribution is 7.99. The molecule has 41 heteroatoms. The van der Waals surface area contributed by atoms with Gasteiger partial charge < -0.3 is 98.8 Å². The van der Waals surface area contributed by atoms with Gasteiger partial charge in [0.05, 0.1) is 0 Å². The van der Waals surface area contributed by atoms with Crippen molar-refractivity contribution in [3.8, 4) is 0 Å². The van der Waals surface area contributed by atoms with Crippen LogP contribution in [0.25, 0.3) is 0 Å². The van der Waals surface area contributed by atoms with Crippen molar-refractivity contribution in [3.05, 3.63) is 48.5 Å². The molecule has 14 saturated carbocycles. The van der Waals surface area contributed by atoms with Crippen molar-refractivity contribution in [3.63, 3.8) is 0 Å². The molecule has 0 spiro atoms. The fourth-order valence-corrected chi connectivity index (χ4v) is 141. The van der Waals surface area contributed by atoms with Crippen LogP contribution in [0.1, 0.15) is 360 Å². The minimum atomic E-state index is -4.56. The smallest absolute Gasteiger partial charge is 0.373 e. The van der Waals surface area contributed by atoms with Crippen LogP contribution in [0.5, 0.6) is 0 Å². The van der Waals surface area contributed by atoms with E-state index in [1.807, 2.05) is 0 Å². The molecule has 2 aromatic carbocycles. The topological polar surface area (TPSA) is 222 Å². The third kappa shape index (κ3) is 13.7. The molecular weight excluding hydrogens is 1850 g/mol. The highest BCUT2D eigenvalue weighted by atomic mass is 32.2. The molecule has 0 atom stereocenters. The predicted molar refractivity (Wildman–Crippen MR) is 485 cm³/mol. The standard InChI is InChI=1S/C82H134O24SSi16/c1-2-30-67(29-1)108-83-110(69-33-5-6-34-69)89-116(75-45-17-18-46-75)91-111(84-108,70-35-7-8-36-70)93-118(77-49-21-22-50-77)94-112(85-108,71-37-9-10-38-71)92-117(90-110,76-47-19-20-48-76)102-122(101-116,103-118)81-61-57-65(58-62-81)107-66-59-63-82(64-60-66)123-104-119(78-51-23-24-52-78)95-113(72-39-11-12-40-72)86-109(68-31-3-4-32-68)87-114(97-119,73-41-13-14-42-73)99-121(106-123,80-55-27-28-56-80)100-115(88-109,74-43-15-16-44-74)98-120(96-113,105-123)79-53-25-26-54-79/h57-64,67-80H,1-56H2. The SMILES string of the molecule is c1cc([Si]23O[Si]4(C5CCCC5)O[Si]5(C6CCCC6)O[Si](C6CCCC6)(O2)O[Si]2(C6CCCC6)O[Si](C6CCCC6)(O3)O[Si](C3CCCC3)(O4)O[Si](C3CCCC3)(O5)O2)ccc1Sc1ccc([Si]23O[Si]4(C5CCCC5)O[Si]5(C6CCCC6)O[Si](C6CCCC6)(O2)O[Si]2(C6CCCC6)O[Si](C6CCCC6)(O3)O[Si](C3CCCC3)(O4)O[Si](C3CCCC3)(O5)O2)cc1. The Labute approximate surface area is 751 Å². The van der Waals surface area contributed by atoms with E-state index in [2.05, 4.69) is 48.5 Å². The molecule has 28 rings (SSSR count). The lowest BCUT2D eigenvalue weighted by atomic mass is 10.4. The van der Waals surface area contributed by atoms with Gasteiger partial charge in [0.2, 0.25) is 0 Å². The molecule has 26 fully saturated rings. The second-order valence-corrected chi connectivity index (χ2v) is 95.4. The van der Waals surface area contributed by atoms with Crippen LogP contribution in [0, 0.1) is 0 Å². The summed E-state index contributed by atoms with van der Waals surface area (Å²) in [5, 5.41) is 1.69. The van der Waals surface area contributed by atoms with Gasteiger partial charge in [0.15, 0.2) is 0 Å². The molecule has 0 aromatic heterocycles. The third-order valence-corrected chi connectivity index (χ3v) is 115. The van der Waals surface area contributed by atoms with E-state index in [0.29, 0.717) is 0 Å². The summed E-state index contributed by atoms with van der Waals surface area (Å²) in [6.07, 6.45) is 55.2. The van der Waals surface area contributed by atoms with Crippen molar-refractivity contribution < 1.29 is 98.8 Å². The van der Waals surface area contributed by atoms with Gasteiger partial charge in [-0.2, -0.15) is 0 Å². The fourth-order valence-electron chi connectivity index (χ4n) is 29.0. The molecule has 14 aliphatic carbocycles. The Bertz CT molecular complexity index is 3580. The number of rotatable bonds is 18. The van der Waals surface area contributed by atoms with Gasteiger partial charge in [-0.3, -0.25) is 0 Å². The number of hydrogen-bond acceptors (Lipinski definition) is 25. The lowest BCUT2D eigenvalue weighted by Crippen LogP contribution is -2.91. The summed E-state index contributed by atoms with van der Waals surface area (Å²) in [6.45, 7) is 0. The minimum Gasteiger partial charge on any atom is -0.373 e. The monoisotopic (exact) mass is 1980 g/mol. The Balaban J connectivity index is 0.632. The lowest BCUT2D eigenvalue weighted by molar-refractivity contribution is -0.0472. The van der Waals surface area contributed by atoms with Crippen LogP contribution in [-0.4, -0.2) is 141 Å². The Morgan fingerprint density at radius 1 is 0.138 bits per heavy atom. The Kier molecular flexibility index (Phi) is 22.0. The van der Waals surface area contributed by atoms with Gasteiger partial charge in [-0.15, -0.1) is 0 Å². The van der Waals surface area contributed by atoms with Crippen molar-refractivity contribution >= 4 is 163 Å². The van der Waals surface area contributed by atoms with E-state index in [9.17, 15) is 0 Å².